The third-order valence-corrected chi connectivity index (χ3v) is 5.94. The minimum atomic E-state index is -0.310. The Labute approximate surface area is 181 Å². The third kappa shape index (κ3) is 5.71. The molecule has 0 aliphatic heterocycles. The number of thiazole rings is 1. The van der Waals surface area contributed by atoms with E-state index in [0.717, 1.165) is 16.0 Å². The van der Waals surface area contributed by atoms with E-state index in [1.165, 1.54) is 23.1 Å². The standard InChI is InChI=1S/C19H22N4O5S2/c1-12-8-16(22-28-12)20-17(24)10-29-11-18(25)21-19-23(6-7-26-2)14-5-4-13(27-3)9-15(14)30-19/h4-5,8-9H,6-7,10-11H2,1-3H3,(H,20,22,24). The van der Waals surface area contributed by atoms with E-state index >= 15 is 0 Å². The van der Waals surface area contributed by atoms with Gasteiger partial charge >= 0.3 is 0 Å². The van der Waals surface area contributed by atoms with Gasteiger partial charge < -0.3 is 23.9 Å². The molecule has 2 aromatic heterocycles. The van der Waals surface area contributed by atoms with Gasteiger partial charge in [-0.15, -0.1) is 11.8 Å². The highest BCUT2D eigenvalue weighted by atomic mass is 32.2. The summed E-state index contributed by atoms with van der Waals surface area (Å²) in [5.41, 5.74) is 0.958. The zero-order valence-electron chi connectivity index (χ0n) is 16.8. The monoisotopic (exact) mass is 450 g/mol. The first kappa shape index (κ1) is 22.1. The molecule has 1 aromatic carbocycles. The largest absolute Gasteiger partial charge is 0.497 e. The van der Waals surface area contributed by atoms with E-state index < -0.39 is 0 Å². The number of methoxy groups -OCH3 is 2. The number of aromatic nitrogens is 2. The van der Waals surface area contributed by atoms with Gasteiger partial charge in [-0.3, -0.25) is 9.59 Å². The van der Waals surface area contributed by atoms with E-state index in [4.69, 9.17) is 14.0 Å². The summed E-state index contributed by atoms with van der Waals surface area (Å²) in [6.07, 6.45) is 0. The molecule has 0 saturated carbocycles. The van der Waals surface area contributed by atoms with Gasteiger partial charge in [0.05, 0.1) is 35.4 Å². The molecule has 2 amide bonds. The topological polar surface area (TPSA) is 108 Å². The first-order valence-corrected chi connectivity index (χ1v) is 11.0. The second kappa shape index (κ2) is 10.4. The predicted octanol–water partition coefficient (Wildman–Crippen LogP) is 2.45. The molecular formula is C19H22N4O5S2. The highest BCUT2D eigenvalue weighted by Gasteiger charge is 2.11. The van der Waals surface area contributed by atoms with Gasteiger partial charge in [0, 0.05) is 19.7 Å². The van der Waals surface area contributed by atoms with E-state index in [-0.39, 0.29) is 23.3 Å². The highest BCUT2D eigenvalue weighted by Crippen LogP contribution is 2.23. The third-order valence-electron chi connectivity index (χ3n) is 3.98. The lowest BCUT2D eigenvalue weighted by atomic mass is 10.3. The Morgan fingerprint density at radius 1 is 1.30 bits per heavy atom. The Morgan fingerprint density at radius 2 is 2.13 bits per heavy atom. The van der Waals surface area contributed by atoms with Crippen LogP contribution in [-0.2, 0) is 20.9 Å². The van der Waals surface area contributed by atoms with Crippen molar-refractivity contribution < 1.29 is 23.6 Å². The number of aryl methyl sites for hydroxylation is 1. The molecule has 1 N–H and O–H groups in total. The summed E-state index contributed by atoms with van der Waals surface area (Å²) >= 11 is 2.60. The summed E-state index contributed by atoms with van der Waals surface area (Å²) in [6.45, 7) is 2.80. The molecule has 2 heterocycles. The maximum atomic E-state index is 12.4. The molecule has 3 rings (SSSR count). The first-order chi connectivity index (χ1) is 14.5. The fraction of sp³-hybridized carbons (Fsp3) is 0.368. The summed E-state index contributed by atoms with van der Waals surface area (Å²) < 4.78 is 18.3. The molecule has 0 bridgehead atoms. The van der Waals surface area contributed by atoms with Crippen LogP contribution in [-0.4, -0.2) is 53.9 Å². The Morgan fingerprint density at radius 3 is 2.83 bits per heavy atom. The zero-order valence-corrected chi connectivity index (χ0v) is 18.5. The van der Waals surface area contributed by atoms with Gasteiger partial charge in [-0.05, 0) is 25.1 Å². The van der Waals surface area contributed by atoms with Crippen molar-refractivity contribution in [3.63, 3.8) is 0 Å². The number of rotatable bonds is 9. The second-order valence-corrected chi connectivity index (χ2v) is 8.23. The Balaban J connectivity index is 1.66. The van der Waals surface area contributed by atoms with Crippen molar-refractivity contribution in [1.82, 2.24) is 9.72 Å². The molecule has 0 radical (unpaired) electrons. The van der Waals surface area contributed by atoms with Gasteiger partial charge in [0.1, 0.15) is 11.5 Å². The maximum Gasteiger partial charge on any atom is 0.258 e. The number of fused-ring (bicyclic) bond motifs is 1. The Kier molecular flexibility index (Phi) is 7.66. The van der Waals surface area contributed by atoms with Crippen LogP contribution in [0.5, 0.6) is 5.75 Å². The SMILES string of the molecule is COCCn1c(=NC(=O)CSCC(=O)Nc2cc(C)on2)sc2cc(OC)ccc21. The highest BCUT2D eigenvalue weighted by molar-refractivity contribution is 8.00. The summed E-state index contributed by atoms with van der Waals surface area (Å²) in [7, 11) is 3.24. The molecule has 9 nitrogen and oxygen atoms in total. The lowest BCUT2D eigenvalue weighted by molar-refractivity contribution is -0.115. The van der Waals surface area contributed by atoms with Gasteiger partial charge in [0.15, 0.2) is 10.6 Å². The van der Waals surface area contributed by atoms with Crippen molar-refractivity contribution in [1.29, 1.82) is 0 Å². The summed E-state index contributed by atoms with van der Waals surface area (Å²) in [6, 6.07) is 7.35. The number of hydrogen-bond acceptors (Lipinski definition) is 8. The smallest absolute Gasteiger partial charge is 0.258 e. The maximum absolute atomic E-state index is 12.4. The number of benzene rings is 1. The zero-order chi connectivity index (χ0) is 21.5. The van der Waals surface area contributed by atoms with Gasteiger partial charge in [0.25, 0.3) is 5.91 Å². The average Bonchev–Trinajstić information content (AvgIpc) is 3.28. The van der Waals surface area contributed by atoms with E-state index in [1.807, 2.05) is 22.8 Å². The number of thioether (sulfide) groups is 1. The number of carbonyl (C=O) groups excluding carboxylic acids is 2. The number of ether oxygens (including phenoxy) is 2. The lowest BCUT2D eigenvalue weighted by Gasteiger charge is -2.05. The van der Waals surface area contributed by atoms with Crippen molar-refractivity contribution in [3.05, 3.63) is 34.8 Å². The lowest BCUT2D eigenvalue weighted by Crippen LogP contribution is -2.20. The minimum absolute atomic E-state index is 0.0904. The molecule has 0 unspecified atom stereocenters. The van der Waals surface area contributed by atoms with E-state index in [9.17, 15) is 9.59 Å². The number of anilines is 1. The Hall–Kier alpha value is -2.63. The summed E-state index contributed by atoms with van der Waals surface area (Å²) in [5.74, 6) is 1.33. The Bertz CT molecular complexity index is 1100. The molecule has 160 valence electrons. The van der Waals surface area contributed by atoms with Crippen LogP contribution in [0.1, 0.15) is 5.76 Å². The van der Waals surface area contributed by atoms with Crippen LogP contribution in [0.3, 0.4) is 0 Å². The molecule has 0 aliphatic carbocycles. The molecule has 0 saturated heterocycles. The van der Waals surface area contributed by atoms with Gasteiger partial charge in [-0.2, -0.15) is 4.99 Å². The molecule has 30 heavy (non-hydrogen) atoms. The molecule has 0 spiro atoms. The number of nitrogens with one attached hydrogen (secondary N) is 1. The van der Waals surface area contributed by atoms with Crippen molar-refractivity contribution >= 4 is 50.9 Å². The van der Waals surface area contributed by atoms with Gasteiger partial charge in [0.2, 0.25) is 5.91 Å². The number of hydrogen-bond donors (Lipinski definition) is 1. The number of nitrogens with zero attached hydrogens (tertiary/aromatic N) is 3. The molecule has 3 aromatic rings. The van der Waals surface area contributed by atoms with Gasteiger partial charge in [-0.25, -0.2) is 0 Å². The molecule has 0 aliphatic rings. The van der Waals surface area contributed by atoms with Gasteiger partial charge in [-0.1, -0.05) is 16.5 Å². The van der Waals surface area contributed by atoms with Crippen molar-refractivity contribution in [3.8, 4) is 5.75 Å². The molecule has 0 fully saturated rings. The number of carbonyl (C=O) groups is 2. The molecule has 0 atom stereocenters. The van der Waals surface area contributed by atoms with Crippen LogP contribution in [0.4, 0.5) is 5.82 Å². The van der Waals surface area contributed by atoms with Crippen LogP contribution < -0.4 is 14.9 Å². The van der Waals surface area contributed by atoms with Crippen molar-refractivity contribution in [2.75, 3.05) is 37.6 Å². The van der Waals surface area contributed by atoms with Crippen LogP contribution in [0, 0.1) is 6.92 Å². The molecular weight excluding hydrogens is 428 g/mol. The van der Waals surface area contributed by atoms with Crippen LogP contribution in [0.25, 0.3) is 10.2 Å². The number of amides is 2. The van der Waals surface area contributed by atoms with Crippen molar-refractivity contribution in [2.24, 2.45) is 4.99 Å². The van der Waals surface area contributed by atoms with E-state index in [2.05, 4.69) is 15.5 Å². The first-order valence-electron chi connectivity index (χ1n) is 9.05. The van der Waals surface area contributed by atoms with Crippen LogP contribution >= 0.6 is 23.1 Å². The fourth-order valence-corrected chi connectivity index (χ4v) is 4.34. The fourth-order valence-electron chi connectivity index (χ4n) is 2.64. The van der Waals surface area contributed by atoms with Crippen LogP contribution in [0.2, 0.25) is 0 Å². The normalized spacial score (nSPS) is 11.8. The van der Waals surface area contributed by atoms with Crippen LogP contribution in [0.15, 0.2) is 33.8 Å². The quantitative estimate of drug-likeness (QED) is 0.533. The van der Waals surface area contributed by atoms with Crippen molar-refractivity contribution in [2.45, 2.75) is 13.5 Å². The summed E-state index contributed by atoms with van der Waals surface area (Å²) in [4.78, 5) is 29.1. The average molecular weight is 451 g/mol. The predicted molar refractivity (Wildman–Crippen MR) is 116 cm³/mol. The van der Waals surface area contributed by atoms with E-state index in [0.29, 0.717) is 29.5 Å². The minimum Gasteiger partial charge on any atom is -0.497 e. The van der Waals surface area contributed by atoms with E-state index in [1.54, 1.807) is 27.2 Å². The second-order valence-electron chi connectivity index (χ2n) is 6.23. The molecule has 11 heteroatoms. The summed E-state index contributed by atoms with van der Waals surface area (Å²) in [5, 5.41) is 6.31.